The van der Waals surface area contributed by atoms with Crippen molar-refractivity contribution in [2.45, 2.75) is 26.2 Å². The van der Waals surface area contributed by atoms with Gasteiger partial charge in [0.1, 0.15) is 5.82 Å². The minimum atomic E-state index is -0.329. The maximum Gasteiger partial charge on any atom is 0.224 e. The number of rotatable bonds is 7. The molecule has 0 aromatic heterocycles. The lowest BCUT2D eigenvalue weighted by Crippen LogP contribution is -2.27. The summed E-state index contributed by atoms with van der Waals surface area (Å²) in [7, 11) is 0. The number of benzene rings is 1. The molecule has 0 aliphatic carbocycles. The average Bonchev–Trinajstić information content (AvgIpc) is 2.37. The van der Waals surface area contributed by atoms with Gasteiger partial charge in [0.15, 0.2) is 0 Å². The number of carbonyl (C=O) groups is 1. The van der Waals surface area contributed by atoms with Crippen LogP contribution >= 0.6 is 0 Å². The SMILES string of the molecule is CC(CN)CCCNC(=O)Cc1ccccc1F. The van der Waals surface area contributed by atoms with Crippen molar-refractivity contribution in [2.75, 3.05) is 13.1 Å². The predicted octanol–water partition coefficient (Wildman–Crippen LogP) is 1.86. The zero-order chi connectivity index (χ0) is 13.4. The number of nitrogens with one attached hydrogen (secondary N) is 1. The summed E-state index contributed by atoms with van der Waals surface area (Å²) in [4.78, 5) is 11.6. The fourth-order valence-electron chi connectivity index (χ4n) is 1.67. The van der Waals surface area contributed by atoms with Crippen molar-refractivity contribution >= 4 is 5.91 Å². The van der Waals surface area contributed by atoms with Crippen molar-refractivity contribution in [3.05, 3.63) is 35.6 Å². The first-order valence-electron chi connectivity index (χ1n) is 6.33. The van der Waals surface area contributed by atoms with Gasteiger partial charge in [-0.15, -0.1) is 0 Å². The van der Waals surface area contributed by atoms with E-state index in [1.165, 1.54) is 6.07 Å². The maximum absolute atomic E-state index is 13.3. The second-order valence-corrected chi connectivity index (χ2v) is 4.60. The van der Waals surface area contributed by atoms with Crippen molar-refractivity contribution in [1.29, 1.82) is 0 Å². The van der Waals surface area contributed by atoms with Gasteiger partial charge in [-0.25, -0.2) is 4.39 Å². The van der Waals surface area contributed by atoms with Gasteiger partial charge in [0.2, 0.25) is 5.91 Å². The van der Waals surface area contributed by atoms with Crippen LogP contribution in [0.5, 0.6) is 0 Å². The van der Waals surface area contributed by atoms with Crippen LogP contribution < -0.4 is 11.1 Å². The molecule has 0 saturated carbocycles. The summed E-state index contributed by atoms with van der Waals surface area (Å²) in [5, 5.41) is 2.79. The molecule has 1 atom stereocenters. The van der Waals surface area contributed by atoms with E-state index >= 15 is 0 Å². The molecule has 1 amide bonds. The quantitative estimate of drug-likeness (QED) is 0.728. The average molecular weight is 252 g/mol. The molecule has 100 valence electrons. The maximum atomic E-state index is 13.3. The number of halogens is 1. The zero-order valence-electron chi connectivity index (χ0n) is 10.8. The summed E-state index contributed by atoms with van der Waals surface area (Å²) in [6.07, 6.45) is 2.00. The molecule has 1 unspecified atom stereocenters. The number of carbonyl (C=O) groups excluding carboxylic acids is 1. The van der Waals surface area contributed by atoms with Crippen molar-refractivity contribution in [3.63, 3.8) is 0 Å². The van der Waals surface area contributed by atoms with Crippen LogP contribution in [0.2, 0.25) is 0 Å². The van der Waals surface area contributed by atoms with Crippen LogP contribution in [0.1, 0.15) is 25.3 Å². The lowest BCUT2D eigenvalue weighted by atomic mass is 10.1. The highest BCUT2D eigenvalue weighted by Gasteiger charge is 2.07. The Balaban J connectivity index is 2.24. The lowest BCUT2D eigenvalue weighted by Gasteiger charge is -2.09. The highest BCUT2D eigenvalue weighted by molar-refractivity contribution is 5.78. The van der Waals surface area contributed by atoms with Gasteiger partial charge in [-0.2, -0.15) is 0 Å². The van der Waals surface area contributed by atoms with E-state index in [9.17, 15) is 9.18 Å². The molecule has 18 heavy (non-hydrogen) atoms. The van der Waals surface area contributed by atoms with E-state index in [0.717, 1.165) is 12.8 Å². The monoisotopic (exact) mass is 252 g/mol. The standard InChI is InChI=1S/C14H21FN2O/c1-11(10-16)5-4-8-17-14(18)9-12-6-2-3-7-13(12)15/h2-3,6-7,11H,4-5,8-10,16H2,1H3,(H,17,18). The van der Waals surface area contributed by atoms with Crippen LogP contribution in [-0.2, 0) is 11.2 Å². The van der Waals surface area contributed by atoms with Gasteiger partial charge in [-0.05, 0) is 36.9 Å². The molecular formula is C14H21FN2O. The second-order valence-electron chi connectivity index (χ2n) is 4.60. The van der Waals surface area contributed by atoms with Crippen molar-refractivity contribution in [2.24, 2.45) is 11.7 Å². The molecular weight excluding hydrogens is 231 g/mol. The second kappa shape index (κ2) is 7.82. The van der Waals surface area contributed by atoms with Crippen LogP contribution in [0.25, 0.3) is 0 Å². The zero-order valence-corrected chi connectivity index (χ0v) is 10.8. The molecule has 0 bridgehead atoms. The summed E-state index contributed by atoms with van der Waals surface area (Å²) in [5.74, 6) is 0.0124. The van der Waals surface area contributed by atoms with Crippen molar-refractivity contribution in [1.82, 2.24) is 5.32 Å². The Morgan fingerprint density at radius 2 is 2.17 bits per heavy atom. The number of amides is 1. The van der Waals surface area contributed by atoms with Gasteiger partial charge in [-0.1, -0.05) is 25.1 Å². The van der Waals surface area contributed by atoms with E-state index in [2.05, 4.69) is 12.2 Å². The smallest absolute Gasteiger partial charge is 0.224 e. The molecule has 4 heteroatoms. The first kappa shape index (κ1) is 14.6. The van der Waals surface area contributed by atoms with Crippen LogP contribution in [-0.4, -0.2) is 19.0 Å². The molecule has 0 heterocycles. The third kappa shape index (κ3) is 5.27. The normalized spacial score (nSPS) is 12.2. The molecule has 1 aromatic carbocycles. The molecule has 3 N–H and O–H groups in total. The van der Waals surface area contributed by atoms with E-state index in [1.807, 2.05) is 0 Å². The summed E-state index contributed by atoms with van der Waals surface area (Å²) in [6.45, 7) is 3.38. The van der Waals surface area contributed by atoms with E-state index in [1.54, 1.807) is 18.2 Å². The topological polar surface area (TPSA) is 55.1 Å². The van der Waals surface area contributed by atoms with Gasteiger partial charge < -0.3 is 11.1 Å². The van der Waals surface area contributed by atoms with E-state index in [0.29, 0.717) is 24.6 Å². The molecule has 0 spiro atoms. The predicted molar refractivity (Wildman–Crippen MR) is 70.6 cm³/mol. The molecule has 3 nitrogen and oxygen atoms in total. The molecule has 0 radical (unpaired) electrons. The lowest BCUT2D eigenvalue weighted by molar-refractivity contribution is -0.120. The van der Waals surface area contributed by atoms with Crippen LogP contribution in [0.15, 0.2) is 24.3 Å². The number of hydrogen-bond donors (Lipinski definition) is 2. The Hall–Kier alpha value is -1.42. The van der Waals surface area contributed by atoms with Crippen molar-refractivity contribution < 1.29 is 9.18 Å². The Labute approximate surface area is 108 Å². The first-order valence-corrected chi connectivity index (χ1v) is 6.33. The largest absolute Gasteiger partial charge is 0.356 e. The van der Waals surface area contributed by atoms with E-state index < -0.39 is 0 Å². The third-order valence-corrected chi connectivity index (χ3v) is 2.91. The van der Waals surface area contributed by atoms with Crippen LogP contribution in [0, 0.1) is 11.7 Å². The van der Waals surface area contributed by atoms with E-state index in [4.69, 9.17) is 5.73 Å². The molecule has 1 aromatic rings. The molecule has 0 fully saturated rings. The molecule has 1 rings (SSSR count). The highest BCUT2D eigenvalue weighted by Crippen LogP contribution is 2.07. The van der Waals surface area contributed by atoms with Gasteiger partial charge in [0.25, 0.3) is 0 Å². The fourth-order valence-corrected chi connectivity index (χ4v) is 1.67. The Bertz CT molecular complexity index is 382. The fraction of sp³-hybridized carbons (Fsp3) is 0.500. The Morgan fingerprint density at radius 3 is 2.83 bits per heavy atom. The first-order chi connectivity index (χ1) is 8.63. The summed E-state index contributed by atoms with van der Waals surface area (Å²) >= 11 is 0. The summed E-state index contributed by atoms with van der Waals surface area (Å²) < 4.78 is 13.3. The molecule has 0 saturated heterocycles. The molecule has 0 aliphatic heterocycles. The van der Waals surface area contributed by atoms with Crippen molar-refractivity contribution in [3.8, 4) is 0 Å². The summed E-state index contributed by atoms with van der Waals surface area (Å²) in [5.41, 5.74) is 5.94. The van der Waals surface area contributed by atoms with Crippen LogP contribution in [0.4, 0.5) is 4.39 Å². The third-order valence-electron chi connectivity index (χ3n) is 2.91. The van der Waals surface area contributed by atoms with Gasteiger partial charge >= 0.3 is 0 Å². The summed E-state index contributed by atoms with van der Waals surface area (Å²) in [6, 6.07) is 6.34. The highest BCUT2D eigenvalue weighted by atomic mass is 19.1. The minimum Gasteiger partial charge on any atom is -0.356 e. The number of hydrogen-bond acceptors (Lipinski definition) is 2. The van der Waals surface area contributed by atoms with Crippen LogP contribution in [0.3, 0.4) is 0 Å². The van der Waals surface area contributed by atoms with Gasteiger partial charge in [0.05, 0.1) is 6.42 Å². The van der Waals surface area contributed by atoms with Gasteiger partial charge in [0, 0.05) is 6.54 Å². The number of nitrogens with two attached hydrogens (primary N) is 1. The van der Waals surface area contributed by atoms with Gasteiger partial charge in [-0.3, -0.25) is 4.79 Å². The Kier molecular flexibility index (Phi) is 6.36. The molecule has 0 aliphatic rings. The Morgan fingerprint density at radius 1 is 1.44 bits per heavy atom. The minimum absolute atomic E-state index is 0.0963. The van der Waals surface area contributed by atoms with E-state index in [-0.39, 0.29) is 18.1 Å².